The van der Waals surface area contributed by atoms with E-state index >= 15 is 0 Å². The number of pyridine rings is 1. The van der Waals surface area contributed by atoms with Crippen LogP contribution in [0.25, 0.3) is 22.0 Å². The SMILES string of the molecule is C[C@@H](Oc1cc(-c2ccc3[nH]c4c(c3c2)CNCC4)cnc1N)c1c(Cl)ccc(F)c1Cl. The number of hydrogen-bond donors (Lipinski definition) is 3. The van der Waals surface area contributed by atoms with E-state index in [0.29, 0.717) is 16.3 Å². The van der Waals surface area contributed by atoms with Crippen LogP contribution < -0.4 is 15.8 Å². The molecule has 0 radical (unpaired) electrons. The van der Waals surface area contributed by atoms with E-state index in [4.69, 9.17) is 33.7 Å². The normalized spacial score (nSPS) is 14.4. The molecule has 3 heterocycles. The molecule has 5 rings (SSSR count). The molecule has 0 unspecified atom stereocenters. The number of H-pyrrole nitrogens is 1. The maximum atomic E-state index is 14.0. The predicted octanol–water partition coefficient (Wildman–Crippen LogP) is 6.04. The fraction of sp³-hybridized carbons (Fsp3) is 0.208. The van der Waals surface area contributed by atoms with Gasteiger partial charge >= 0.3 is 0 Å². The van der Waals surface area contributed by atoms with Crippen molar-refractivity contribution >= 4 is 39.9 Å². The average molecular weight is 471 g/mol. The summed E-state index contributed by atoms with van der Waals surface area (Å²) in [5.74, 6) is 0.0526. The fourth-order valence-electron chi connectivity index (χ4n) is 4.20. The molecule has 2 aromatic carbocycles. The summed E-state index contributed by atoms with van der Waals surface area (Å²) in [5, 5.41) is 4.87. The molecule has 4 N–H and O–H groups in total. The van der Waals surface area contributed by atoms with Crippen molar-refractivity contribution in [3.8, 4) is 16.9 Å². The zero-order valence-corrected chi connectivity index (χ0v) is 18.8. The van der Waals surface area contributed by atoms with Gasteiger partial charge in [-0.25, -0.2) is 9.37 Å². The molecule has 2 aromatic heterocycles. The molecule has 0 spiro atoms. The highest BCUT2D eigenvalue weighted by Crippen LogP contribution is 2.37. The van der Waals surface area contributed by atoms with Crippen LogP contribution in [0.5, 0.6) is 5.75 Å². The molecular weight excluding hydrogens is 450 g/mol. The number of fused-ring (bicyclic) bond motifs is 3. The van der Waals surface area contributed by atoms with Gasteiger partial charge in [-0.1, -0.05) is 29.3 Å². The lowest BCUT2D eigenvalue weighted by Crippen LogP contribution is -2.22. The zero-order chi connectivity index (χ0) is 22.4. The maximum absolute atomic E-state index is 14.0. The van der Waals surface area contributed by atoms with E-state index < -0.39 is 11.9 Å². The first-order chi connectivity index (χ1) is 15.4. The number of aromatic nitrogens is 2. The molecule has 1 aliphatic rings. The minimum Gasteiger partial charge on any atom is -0.482 e. The Balaban J connectivity index is 1.50. The molecule has 32 heavy (non-hydrogen) atoms. The highest BCUT2D eigenvalue weighted by Gasteiger charge is 2.20. The lowest BCUT2D eigenvalue weighted by molar-refractivity contribution is 0.227. The summed E-state index contributed by atoms with van der Waals surface area (Å²) in [5.41, 5.74) is 12.0. The van der Waals surface area contributed by atoms with E-state index in [1.165, 1.54) is 28.8 Å². The smallest absolute Gasteiger partial charge is 0.166 e. The summed E-state index contributed by atoms with van der Waals surface area (Å²) in [6.07, 6.45) is 2.08. The lowest BCUT2D eigenvalue weighted by Gasteiger charge is -2.19. The number of nitrogens with zero attached hydrogens (tertiary/aromatic N) is 1. The summed E-state index contributed by atoms with van der Waals surface area (Å²) in [4.78, 5) is 7.83. The number of ether oxygens (including phenoxy) is 1. The molecule has 0 fully saturated rings. The number of hydrogen-bond acceptors (Lipinski definition) is 4. The number of halogens is 3. The van der Waals surface area contributed by atoms with Crippen LogP contribution in [0.1, 0.15) is 29.8 Å². The van der Waals surface area contributed by atoms with Crippen LogP contribution in [0.2, 0.25) is 10.0 Å². The Morgan fingerprint density at radius 2 is 2.00 bits per heavy atom. The Hall–Kier alpha value is -2.80. The molecule has 0 bridgehead atoms. The number of anilines is 1. The predicted molar refractivity (Wildman–Crippen MR) is 127 cm³/mol. The van der Waals surface area contributed by atoms with Gasteiger partial charge in [0.15, 0.2) is 11.6 Å². The standard InChI is InChI=1S/C24H21Cl2FN4O/c1-12(22-17(25)3-4-18(27)23(22)26)32-21-9-14(10-30-24(21)28)13-2-5-19-15(8-13)16-11-29-7-6-20(16)31-19/h2-5,8-10,12,29,31H,6-7,11H2,1H3,(H2,28,30)/t12-/m1/s1. The van der Waals surface area contributed by atoms with Gasteiger partial charge in [0.2, 0.25) is 0 Å². The van der Waals surface area contributed by atoms with E-state index in [9.17, 15) is 4.39 Å². The van der Waals surface area contributed by atoms with Crippen molar-refractivity contribution in [1.82, 2.24) is 15.3 Å². The molecular formula is C24H21Cl2FN4O. The van der Waals surface area contributed by atoms with Gasteiger partial charge in [-0.2, -0.15) is 0 Å². The first-order valence-corrected chi connectivity index (χ1v) is 11.1. The third-order valence-corrected chi connectivity index (χ3v) is 6.57. The van der Waals surface area contributed by atoms with Crippen molar-refractivity contribution in [3.63, 3.8) is 0 Å². The highest BCUT2D eigenvalue weighted by molar-refractivity contribution is 6.36. The van der Waals surface area contributed by atoms with Crippen LogP contribution >= 0.6 is 23.2 Å². The molecule has 4 aromatic rings. The van der Waals surface area contributed by atoms with Crippen molar-refractivity contribution in [2.75, 3.05) is 12.3 Å². The molecule has 8 heteroatoms. The summed E-state index contributed by atoms with van der Waals surface area (Å²) in [6, 6.07) is 10.8. The minimum atomic E-state index is -0.629. The van der Waals surface area contributed by atoms with Crippen molar-refractivity contribution < 1.29 is 9.13 Å². The molecule has 0 aliphatic carbocycles. The maximum Gasteiger partial charge on any atom is 0.166 e. The van der Waals surface area contributed by atoms with Gasteiger partial charge in [0.1, 0.15) is 11.9 Å². The second-order valence-corrected chi connectivity index (χ2v) is 8.68. The Morgan fingerprint density at radius 1 is 1.16 bits per heavy atom. The number of rotatable bonds is 4. The Kier molecular flexibility index (Phi) is 5.45. The van der Waals surface area contributed by atoms with Crippen molar-refractivity contribution in [3.05, 3.63) is 75.3 Å². The van der Waals surface area contributed by atoms with Crippen molar-refractivity contribution in [2.45, 2.75) is 26.0 Å². The van der Waals surface area contributed by atoms with E-state index in [1.54, 1.807) is 13.1 Å². The van der Waals surface area contributed by atoms with Gasteiger partial charge < -0.3 is 20.8 Å². The fourth-order valence-corrected chi connectivity index (χ4v) is 4.88. The number of nitrogen functional groups attached to an aromatic ring is 1. The van der Waals surface area contributed by atoms with Gasteiger partial charge in [0.25, 0.3) is 0 Å². The Morgan fingerprint density at radius 3 is 2.84 bits per heavy atom. The molecule has 0 saturated carbocycles. The molecule has 0 amide bonds. The van der Waals surface area contributed by atoms with E-state index in [2.05, 4.69) is 27.4 Å². The molecule has 5 nitrogen and oxygen atoms in total. The van der Waals surface area contributed by atoms with Gasteiger partial charge in [0.05, 0.1) is 5.02 Å². The van der Waals surface area contributed by atoms with Gasteiger partial charge in [-0.05, 0) is 48.4 Å². The number of aromatic amines is 1. The number of benzene rings is 2. The monoisotopic (exact) mass is 470 g/mol. The summed E-state index contributed by atoms with van der Waals surface area (Å²) >= 11 is 12.4. The lowest BCUT2D eigenvalue weighted by atomic mass is 10.0. The van der Waals surface area contributed by atoms with Gasteiger partial charge in [-0.15, -0.1) is 0 Å². The summed E-state index contributed by atoms with van der Waals surface area (Å²) < 4.78 is 20.0. The first-order valence-electron chi connectivity index (χ1n) is 10.3. The third kappa shape index (κ3) is 3.68. The van der Waals surface area contributed by atoms with Crippen LogP contribution in [0.3, 0.4) is 0 Å². The zero-order valence-electron chi connectivity index (χ0n) is 17.3. The van der Waals surface area contributed by atoms with Crippen molar-refractivity contribution in [2.24, 2.45) is 0 Å². The van der Waals surface area contributed by atoms with Crippen LogP contribution in [-0.4, -0.2) is 16.5 Å². The van der Waals surface area contributed by atoms with E-state index in [0.717, 1.165) is 36.2 Å². The van der Waals surface area contributed by atoms with Gasteiger partial charge in [-0.3, -0.25) is 0 Å². The number of nitrogens with one attached hydrogen (secondary N) is 2. The molecule has 1 atom stereocenters. The first kappa shape index (κ1) is 21.1. The van der Waals surface area contributed by atoms with Crippen molar-refractivity contribution in [1.29, 1.82) is 0 Å². The largest absolute Gasteiger partial charge is 0.482 e. The average Bonchev–Trinajstić information content (AvgIpc) is 3.16. The summed E-state index contributed by atoms with van der Waals surface area (Å²) in [7, 11) is 0. The highest BCUT2D eigenvalue weighted by atomic mass is 35.5. The number of nitrogens with two attached hydrogens (primary N) is 1. The second-order valence-electron chi connectivity index (χ2n) is 7.89. The minimum absolute atomic E-state index is 0.0658. The molecule has 164 valence electrons. The third-order valence-electron chi connectivity index (χ3n) is 5.85. The molecule has 0 saturated heterocycles. The molecule has 1 aliphatic heterocycles. The van der Waals surface area contributed by atoms with Crippen LogP contribution in [0.15, 0.2) is 42.6 Å². The van der Waals surface area contributed by atoms with Crippen LogP contribution in [-0.2, 0) is 13.0 Å². The van der Waals surface area contributed by atoms with Crippen LogP contribution in [0, 0.1) is 5.82 Å². The van der Waals surface area contributed by atoms with E-state index in [-0.39, 0.29) is 10.8 Å². The van der Waals surface area contributed by atoms with E-state index in [1.807, 2.05) is 12.1 Å². The summed E-state index contributed by atoms with van der Waals surface area (Å²) in [6.45, 7) is 3.57. The van der Waals surface area contributed by atoms with Crippen LogP contribution in [0.4, 0.5) is 10.2 Å². The quantitative estimate of drug-likeness (QED) is 0.317. The Bertz CT molecular complexity index is 1340. The topological polar surface area (TPSA) is 76.0 Å². The van der Waals surface area contributed by atoms with Gasteiger partial charge in [0, 0.05) is 58.5 Å². The second kappa shape index (κ2) is 8.28. The Labute approximate surface area is 194 Å².